The highest BCUT2D eigenvalue weighted by molar-refractivity contribution is 9.09. The minimum Gasteiger partial charge on any atom is -0.497 e. The van der Waals surface area contributed by atoms with Crippen LogP contribution in [0.1, 0.15) is 16.8 Å². The molecule has 94 valence electrons. The van der Waals surface area contributed by atoms with Crippen LogP contribution in [-0.2, 0) is 4.74 Å². The molecule has 17 heavy (non-hydrogen) atoms. The maximum atomic E-state index is 5.43. The first-order valence-corrected chi connectivity index (χ1v) is 6.61. The summed E-state index contributed by atoms with van der Waals surface area (Å²) >= 11 is 3.75. The van der Waals surface area contributed by atoms with E-state index in [-0.39, 0.29) is 4.83 Å². The molecule has 2 unspecified atom stereocenters. The minimum absolute atomic E-state index is 0.245. The zero-order chi connectivity index (χ0) is 12.3. The Morgan fingerprint density at radius 3 is 2.76 bits per heavy atom. The fraction of sp³-hybridized carbons (Fsp3) is 0.538. The van der Waals surface area contributed by atoms with Crippen LogP contribution in [0.15, 0.2) is 18.2 Å². The van der Waals surface area contributed by atoms with Gasteiger partial charge in [-0.2, -0.15) is 0 Å². The first-order valence-electron chi connectivity index (χ1n) is 5.70. The topological polar surface area (TPSA) is 27.7 Å². The van der Waals surface area contributed by atoms with Crippen LogP contribution in [0.2, 0.25) is 0 Å². The van der Waals surface area contributed by atoms with Crippen LogP contribution in [0.3, 0.4) is 0 Å². The van der Waals surface area contributed by atoms with Crippen LogP contribution in [0.25, 0.3) is 0 Å². The van der Waals surface area contributed by atoms with E-state index in [2.05, 4.69) is 15.9 Å². The van der Waals surface area contributed by atoms with Gasteiger partial charge >= 0.3 is 0 Å². The van der Waals surface area contributed by atoms with E-state index in [1.807, 2.05) is 18.2 Å². The summed E-state index contributed by atoms with van der Waals surface area (Å²) < 4.78 is 16.1. The molecular weight excluding hydrogens is 284 g/mol. The van der Waals surface area contributed by atoms with E-state index in [1.54, 1.807) is 14.2 Å². The number of methoxy groups -OCH3 is 2. The molecule has 3 nitrogen and oxygen atoms in total. The van der Waals surface area contributed by atoms with Gasteiger partial charge in [0.25, 0.3) is 0 Å². The Bertz CT molecular complexity index is 375. The molecule has 2 atom stereocenters. The number of halogens is 1. The molecule has 0 bridgehead atoms. The van der Waals surface area contributed by atoms with Crippen molar-refractivity contribution in [1.29, 1.82) is 0 Å². The summed E-state index contributed by atoms with van der Waals surface area (Å²) in [4.78, 5) is 0.245. The van der Waals surface area contributed by atoms with E-state index in [0.717, 1.165) is 36.7 Å². The van der Waals surface area contributed by atoms with E-state index in [0.29, 0.717) is 5.92 Å². The summed E-state index contributed by atoms with van der Waals surface area (Å²) in [7, 11) is 3.36. The number of hydrogen-bond donors (Lipinski definition) is 0. The molecule has 1 aromatic carbocycles. The van der Waals surface area contributed by atoms with E-state index in [4.69, 9.17) is 14.2 Å². The Morgan fingerprint density at radius 2 is 2.18 bits per heavy atom. The zero-order valence-corrected chi connectivity index (χ0v) is 11.7. The number of benzene rings is 1. The van der Waals surface area contributed by atoms with Gasteiger partial charge < -0.3 is 14.2 Å². The third kappa shape index (κ3) is 2.75. The molecule has 0 saturated carbocycles. The van der Waals surface area contributed by atoms with Crippen molar-refractivity contribution in [3.8, 4) is 11.5 Å². The highest BCUT2D eigenvalue weighted by Crippen LogP contribution is 2.41. The molecule has 1 aliphatic rings. The molecule has 1 saturated heterocycles. The monoisotopic (exact) mass is 300 g/mol. The summed E-state index contributed by atoms with van der Waals surface area (Å²) in [5.41, 5.74) is 1.13. The lowest BCUT2D eigenvalue weighted by Gasteiger charge is -2.19. The van der Waals surface area contributed by atoms with E-state index >= 15 is 0 Å². The Morgan fingerprint density at radius 1 is 1.35 bits per heavy atom. The summed E-state index contributed by atoms with van der Waals surface area (Å²) in [6.45, 7) is 1.65. The standard InChI is InChI=1S/C13H17BrO3/c1-15-10-3-4-12(16-2)11(7-10)13(14)9-5-6-17-8-9/h3-4,7,9,13H,5-6,8H2,1-2H3. The number of alkyl halides is 1. The molecule has 1 heterocycles. The summed E-state index contributed by atoms with van der Waals surface area (Å²) in [5.74, 6) is 2.24. The van der Waals surface area contributed by atoms with Crippen LogP contribution < -0.4 is 9.47 Å². The normalized spacial score (nSPS) is 21.2. The summed E-state index contributed by atoms with van der Waals surface area (Å²) in [5, 5.41) is 0. The van der Waals surface area contributed by atoms with E-state index < -0.39 is 0 Å². The number of ether oxygens (including phenoxy) is 3. The largest absolute Gasteiger partial charge is 0.497 e. The molecular formula is C13H17BrO3. The summed E-state index contributed by atoms with van der Waals surface area (Å²) in [6.07, 6.45) is 1.08. The van der Waals surface area contributed by atoms with Gasteiger partial charge in [0.1, 0.15) is 11.5 Å². The van der Waals surface area contributed by atoms with E-state index in [1.165, 1.54) is 0 Å². The predicted molar refractivity (Wildman–Crippen MR) is 70.1 cm³/mol. The van der Waals surface area contributed by atoms with Gasteiger partial charge in [0.2, 0.25) is 0 Å². The molecule has 0 spiro atoms. The second kappa shape index (κ2) is 5.74. The fourth-order valence-corrected chi connectivity index (χ4v) is 2.87. The Kier molecular flexibility index (Phi) is 4.29. The van der Waals surface area contributed by atoms with Gasteiger partial charge in [0.05, 0.1) is 20.8 Å². The Labute approximate surface area is 110 Å². The van der Waals surface area contributed by atoms with E-state index in [9.17, 15) is 0 Å². The van der Waals surface area contributed by atoms with Gasteiger partial charge in [-0.05, 0) is 24.6 Å². The van der Waals surface area contributed by atoms with Crippen LogP contribution in [0.5, 0.6) is 11.5 Å². The second-order valence-corrected chi connectivity index (χ2v) is 5.12. The lowest BCUT2D eigenvalue weighted by molar-refractivity contribution is 0.185. The maximum absolute atomic E-state index is 5.43. The third-order valence-electron chi connectivity index (χ3n) is 3.11. The second-order valence-electron chi connectivity index (χ2n) is 4.13. The van der Waals surface area contributed by atoms with Gasteiger partial charge in [-0.1, -0.05) is 15.9 Å². The smallest absolute Gasteiger partial charge is 0.123 e. The van der Waals surface area contributed by atoms with Crippen LogP contribution in [-0.4, -0.2) is 27.4 Å². The van der Waals surface area contributed by atoms with Gasteiger partial charge in [-0.25, -0.2) is 0 Å². The molecule has 4 heteroatoms. The van der Waals surface area contributed by atoms with Gasteiger partial charge in [-0.15, -0.1) is 0 Å². The average molecular weight is 301 g/mol. The van der Waals surface area contributed by atoms with Crippen molar-refractivity contribution in [3.05, 3.63) is 23.8 Å². The van der Waals surface area contributed by atoms with Crippen LogP contribution in [0, 0.1) is 5.92 Å². The molecule has 0 N–H and O–H groups in total. The predicted octanol–water partition coefficient (Wildman–Crippen LogP) is 3.18. The molecule has 0 amide bonds. The third-order valence-corrected chi connectivity index (χ3v) is 4.35. The van der Waals surface area contributed by atoms with Crippen molar-refractivity contribution in [1.82, 2.24) is 0 Å². The molecule has 0 aromatic heterocycles. The minimum atomic E-state index is 0.245. The van der Waals surface area contributed by atoms with Crippen molar-refractivity contribution in [3.63, 3.8) is 0 Å². The Hall–Kier alpha value is -0.740. The molecule has 0 aliphatic carbocycles. The van der Waals surface area contributed by atoms with Crippen molar-refractivity contribution in [2.24, 2.45) is 5.92 Å². The molecule has 1 aromatic rings. The number of hydrogen-bond acceptors (Lipinski definition) is 3. The van der Waals surface area contributed by atoms with Gasteiger partial charge in [-0.3, -0.25) is 0 Å². The first-order chi connectivity index (χ1) is 8.26. The average Bonchev–Trinajstić information content (AvgIpc) is 2.91. The van der Waals surface area contributed by atoms with Crippen LogP contribution in [0.4, 0.5) is 0 Å². The maximum Gasteiger partial charge on any atom is 0.123 e. The zero-order valence-electron chi connectivity index (χ0n) is 10.1. The fourth-order valence-electron chi connectivity index (χ4n) is 2.09. The molecule has 1 aliphatic heterocycles. The van der Waals surface area contributed by atoms with Crippen molar-refractivity contribution >= 4 is 15.9 Å². The van der Waals surface area contributed by atoms with Crippen molar-refractivity contribution < 1.29 is 14.2 Å². The van der Waals surface area contributed by atoms with Crippen molar-refractivity contribution in [2.45, 2.75) is 11.2 Å². The quantitative estimate of drug-likeness (QED) is 0.800. The Balaban J connectivity index is 2.27. The van der Waals surface area contributed by atoms with Crippen molar-refractivity contribution in [2.75, 3.05) is 27.4 Å². The SMILES string of the molecule is COc1ccc(OC)c(C(Br)C2CCOC2)c1. The van der Waals surface area contributed by atoms with Gasteiger partial charge in [0, 0.05) is 22.9 Å². The van der Waals surface area contributed by atoms with Gasteiger partial charge in [0.15, 0.2) is 0 Å². The molecule has 1 fully saturated rings. The molecule has 0 radical (unpaired) electrons. The highest BCUT2D eigenvalue weighted by atomic mass is 79.9. The lowest BCUT2D eigenvalue weighted by atomic mass is 9.97. The lowest BCUT2D eigenvalue weighted by Crippen LogP contribution is -2.08. The first kappa shape index (κ1) is 12.7. The number of rotatable bonds is 4. The van der Waals surface area contributed by atoms with Crippen LogP contribution >= 0.6 is 15.9 Å². The highest BCUT2D eigenvalue weighted by Gasteiger charge is 2.27. The molecule has 2 rings (SSSR count). The summed E-state index contributed by atoms with van der Waals surface area (Å²) in [6, 6.07) is 5.88.